The third kappa shape index (κ3) is 4.08. The first-order valence-corrected chi connectivity index (χ1v) is 10.2. The third-order valence-electron chi connectivity index (χ3n) is 5.97. The third-order valence-corrected chi connectivity index (χ3v) is 5.97. The topological polar surface area (TPSA) is 67.2 Å². The molecule has 2 aromatic carbocycles. The van der Waals surface area contributed by atoms with Crippen molar-refractivity contribution in [1.82, 2.24) is 14.9 Å². The summed E-state index contributed by atoms with van der Waals surface area (Å²) >= 11 is 0. The van der Waals surface area contributed by atoms with Crippen LogP contribution in [-0.4, -0.2) is 27.9 Å². The van der Waals surface area contributed by atoms with Crippen LogP contribution < -0.4 is 10.2 Å². The molecule has 31 heavy (non-hydrogen) atoms. The molecule has 2 atom stereocenters. The monoisotopic (exact) mass is 420 g/mol. The Balaban J connectivity index is 1.57. The molecule has 1 aliphatic rings. The van der Waals surface area contributed by atoms with Crippen molar-refractivity contribution in [3.8, 4) is 0 Å². The smallest absolute Gasteiger partial charge is 0.227 e. The highest BCUT2D eigenvalue weighted by molar-refractivity contribution is 6.01. The van der Waals surface area contributed by atoms with E-state index in [0.717, 1.165) is 22.4 Å². The molecule has 0 radical (unpaired) electrons. The molecule has 1 aliphatic heterocycles. The SMILES string of the molecule is Cc1cccc(N2CC(C(=O)NC(c3ccc(F)cc3)c3nccn3C)CC2=O)c1C. The van der Waals surface area contributed by atoms with Crippen LogP contribution in [0.1, 0.15) is 35.0 Å². The number of carbonyl (C=O) groups is 2. The van der Waals surface area contributed by atoms with E-state index in [1.165, 1.54) is 12.1 Å². The zero-order valence-corrected chi connectivity index (χ0v) is 17.8. The minimum absolute atomic E-state index is 0.0656. The quantitative estimate of drug-likeness (QED) is 0.688. The minimum atomic E-state index is -0.544. The fraction of sp³-hybridized carbons (Fsp3) is 0.292. The first-order valence-electron chi connectivity index (χ1n) is 10.2. The number of rotatable bonds is 5. The maximum Gasteiger partial charge on any atom is 0.227 e. The van der Waals surface area contributed by atoms with E-state index >= 15 is 0 Å². The number of nitrogens with one attached hydrogen (secondary N) is 1. The summed E-state index contributed by atoms with van der Waals surface area (Å²) < 4.78 is 15.3. The van der Waals surface area contributed by atoms with Crippen molar-refractivity contribution in [3.05, 3.63) is 83.2 Å². The van der Waals surface area contributed by atoms with Crippen LogP contribution in [0.25, 0.3) is 0 Å². The van der Waals surface area contributed by atoms with Crippen molar-refractivity contribution in [2.75, 3.05) is 11.4 Å². The van der Waals surface area contributed by atoms with Gasteiger partial charge in [0.05, 0.1) is 5.92 Å². The maximum atomic E-state index is 13.4. The van der Waals surface area contributed by atoms with E-state index in [0.29, 0.717) is 12.4 Å². The van der Waals surface area contributed by atoms with E-state index in [1.807, 2.05) is 43.7 Å². The molecule has 7 heteroatoms. The molecule has 0 spiro atoms. The second-order valence-electron chi connectivity index (χ2n) is 8.01. The second kappa shape index (κ2) is 8.34. The number of amides is 2. The molecule has 2 amide bonds. The van der Waals surface area contributed by atoms with Gasteiger partial charge >= 0.3 is 0 Å². The fourth-order valence-electron chi connectivity index (χ4n) is 4.01. The van der Waals surface area contributed by atoms with E-state index in [4.69, 9.17) is 0 Å². The van der Waals surface area contributed by atoms with Gasteiger partial charge in [-0.25, -0.2) is 9.37 Å². The average molecular weight is 420 g/mol. The Bertz CT molecular complexity index is 1120. The summed E-state index contributed by atoms with van der Waals surface area (Å²) in [6.07, 6.45) is 3.59. The van der Waals surface area contributed by atoms with Crippen molar-refractivity contribution in [3.63, 3.8) is 0 Å². The Hall–Kier alpha value is -3.48. The van der Waals surface area contributed by atoms with Crippen LogP contribution in [-0.2, 0) is 16.6 Å². The summed E-state index contributed by atoms with van der Waals surface area (Å²) in [4.78, 5) is 32.0. The maximum absolute atomic E-state index is 13.4. The lowest BCUT2D eigenvalue weighted by molar-refractivity contribution is -0.126. The Kier molecular flexibility index (Phi) is 5.59. The standard InChI is InChI=1S/C24H25FN4O2/c1-15-5-4-6-20(16(15)2)29-14-18(13-21(29)30)24(31)27-22(23-26-11-12-28(23)3)17-7-9-19(25)10-8-17/h4-12,18,22H,13-14H2,1-3H3,(H,27,31). The van der Waals surface area contributed by atoms with Crippen molar-refractivity contribution in [2.24, 2.45) is 13.0 Å². The highest BCUT2D eigenvalue weighted by Gasteiger charge is 2.37. The number of nitrogens with zero attached hydrogens (tertiary/aromatic N) is 3. The summed E-state index contributed by atoms with van der Waals surface area (Å²) in [6.45, 7) is 4.31. The molecule has 1 aromatic heterocycles. The predicted molar refractivity (Wildman–Crippen MR) is 116 cm³/mol. The summed E-state index contributed by atoms with van der Waals surface area (Å²) in [7, 11) is 1.84. The van der Waals surface area contributed by atoms with E-state index in [1.54, 1.807) is 29.4 Å². The summed E-state index contributed by atoms with van der Waals surface area (Å²) in [5.74, 6) is -0.479. The average Bonchev–Trinajstić information content (AvgIpc) is 3.34. The molecule has 160 valence electrons. The molecule has 1 saturated heterocycles. The number of benzene rings is 2. The van der Waals surface area contributed by atoms with Gasteiger partial charge < -0.3 is 14.8 Å². The molecule has 6 nitrogen and oxygen atoms in total. The van der Waals surface area contributed by atoms with Crippen LogP contribution in [0, 0.1) is 25.6 Å². The normalized spacial score (nSPS) is 17.1. The van der Waals surface area contributed by atoms with Gasteiger partial charge in [-0.2, -0.15) is 0 Å². The molecule has 0 saturated carbocycles. The van der Waals surface area contributed by atoms with Crippen LogP contribution in [0.4, 0.5) is 10.1 Å². The Morgan fingerprint density at radius 1 is 1.19 bits per heavy atom. The van der Waals surface area contributed by atoms with Crippen molar-refractivity contribution >= 4 is 17.5 Å². The summed E-state index contributed by atoms with van der Waals surface area (Å²) in [6, 6.07) is 11.3. The minimum Gasteiger partial charge on any atom is -0.342 e. The van der Waals surface area contributed by atoms with Crippen LogP contribution in [0.15, 0.2) is 54.9 Å². The molecule has 3 aromatic rings. The predicted octanol–water partition coefficient (Wildman–Crippen LogP) is 3.43. The lowest BCUT2D eigenvalue weighted by atomic mass is 10.0. The fourth-order valence-corrected chi connectivity index (χ4v) is 4.01. The van der Waals surface area contributed by atoms with Gasteiger partial charge in [-0.05, 0) is 48.7 Å². The van der Waals surface area contributed by atoms with Gasteiger partial charge in [0.25, 0.3) is 0 Å². The van der Waals surface area contributed by atoms with Crippen molar-refractivity contribution in [2.45, 2.75) is 26.3 Å². The van der Waals surface area contributed by atoms with Gasteiger partial charge in [-0.1, -0.05) is 24.3 Å². The number of aromatic nitrogens is 2. The number of hydrogen-bond donors (Lipinski definition) is 1. The van der Waals surface area contributed by atoms with Crippen LogP contribution in [0.3, 0.4) is 0 Å². The number of halogens is 1. The first-order chi connectivity index (χ1) is 14.8. The zero-order valence-electron chi connectivity index (χ0n) is 17.8. The second-order valence-corrected chi connectivity index (χ2v) is 8.01. The number of imidazole rings is 1. The van der Waals surface area contributed by atoms with Crippen LogP contribution in [0.2, 0.25) is 0 Å². The molecular weight excluding hydrogens is 395 g/mol. The molecule has 0 bridgehead atoms. The zero-order chi connectivity index (χ0) is 22.1. The van der Waals surface area contributed by atoms with Crippen LogP contribution in [0.5, 0.6) is 0 Å². The molecule has 2 unspecified atom stereocenters. The molecule has 4 rings (SSSR count). The number of aryl methyl sites for hydroxylation is 2. The molecule has 1 fully saturated rings. The van der Waals surface area contributed by atoms with E-state index in [9.17, 15) is 14.0 Å². The summed E-state index contributed by atoms with van der Waals surface area (Å²) in [5, 5.41) is 3.03. The Morgan fingerprint density at radius 3 is 2.61 bits per heavy atom. The lowest BCUT2D eigenvalue weighted by Crippen LogP contribution is -2.37. The van der Waals surface area contributed by atoms with Gasteiger partial charge in [-0.3, -0.25) is 9.59 Å². The lowest BCUT2D eigenvalue weighted by Gasteiger charge is -2.22. The van der Waals surface area contributed by atoms with Gasteiger partial charge in [0, 0.05) is 38.1 Å². The number of anilines is 1. The molecule has 0 aliphatic carbocycles. The molecule has 1 N–H and O–H groups in total. The van der Waals surface area contributed by atoms with Gasteiger partial charge in [-0.15, -0.1) is 0 Å². The Labute approximate surface area is 180 Å². The molecular formula is C24H25FN4O2. The van der Waals surface area contributed by atoms with Gasteiger partial charge in [0.1, 0.15) is 17.7 Å². The van der Waals surface area contributed by atoms with Gasteiger partial charge in [0.15, 0.2) is 0 Å². The van der Waals surface area contributed by atoms with E-state index in [-0.39, 0.29) is 24.1 Å². The highest BCUT2D eigenvalue weighted by atomic mass is 19.1. The van der Waals surface area contributed by atoms with Gasteiger partial charge in [0.2, 0.25) is 11.8 Å². The largest absolute Gasteiger partial charge is 0.342 e. The van der Waals surface area contributed by atoms with Crippen LogP contribution >= 0.6 is 0 Å². The molecule has 2 heterocycles. The van der Waals surface area contributed by atoms with E-state index in [2.05, 4.69) is 10.3 Å². The first kappa shape index (κ1) is 20.8. The van der Waals surface area contributed by atoms with Crippen molar-refractivity contribution in [1.29, 1.82) is 0 Å². The van der Waals surface area contributed by atoms with E-state index < -0.39 is 12.0 Å². The Morgan fingerprint density at radius 2 is 1.94 bits per heavy atom. The highest BCUT2D eigenvalue weighted by Crippen LogP contribution is 2.30. The van der Waals surface area contributed by atoms with Crippen molar-refractivity contribution < 1.29 is 14.0 Å². The summed E-state index contributed by atoms with van der Waals surface area (Å²) in [5.41, 5.74) is 3.71. The number of carbonyl (C=O) groups excluding carboxylic acids is 2. The number of hydrogen-bond acceptors (Lipinski definition) is 3.